The topological polar surface area (TPSA) is 64.1 Å². The summed E-state index contributed by atoms with van der Waals surface area (Å²) in [4.78, 5) is 22.6. The summed E-state index contributed by atoms with van der Waals surface area (Å²) in [5.41, 5.74) is -0.0244. The Kier molecular flexibility index (Phi) is 2.59. The number of hydrogen-bond donors (Lipinski definition) is 1. The molecular formula is C11H10N2O3. The molecule has 1 heterocycles. The number of rotatable bonds is 2. The highest BCUT2D eigenvalue weighted by Gasteiger charge is 2.00. The summed E-state index contributed by atoms with van der Waals surface area (Å²) in [7, 11) is 1.56. The molecule has 0 aliphatic rings. The Labute approximate surface area is 90.9 Å². The average Bonchev–Trinajstić information content (AvgIpc) is 2.32. The highest BCUT2D eigenvalue weighted by Crippen LogP contribution is 2.12. The van der Waals surface area contributed by atoms with E-state index < -0.39 is 0 Å². The molecule has 0 saturated carbocycles. The minimum atomic E-state index is -0.324. The third-order valence-electron chi connectivity index (χ3n) is 2.15. The second kappa shape index (κ2) is 4.06. The van der Waals surface area contributed by atoms with E-state index in [4.69, 9.17) is 4.74 Å². The molecule has 0 atom stereocenters. The first-order valence-electron chi connectivity index (χ1n) is 4.67. The normalized spacial score (nSPS) is 10.1. The van der Waals surface area contributed by atoms with E-state index in [2.05, 4.69) is 5.10 Å². The molecular weight excluding hydrogens is 208 g/mol. The van der Waals surface area contributed by atoms with Crippen LogP contribution >= 0.6 is 0 Å². The van der Waals surface area contributed by atoms with Crippen LogP contribution in [0.5, 0.6) is 5.75 Å². The fraction of sp³-hybridized carbons (Fsp3) is 0.0909. The van der Waals surface area contributed by atoms with Gasteiger partial charge < -0.3 is 4.74 Å². The van der Waals surface area contributed by atoms with E-state index in [-0.39, 0.29) is 11.1 Å². The molecule has 1 aromatic carbocycles. The lowest BCUT2D eigenvalue weighted by atomic mass is 10.3. The molecule has 0 fully saturated rings. The molecule has 5 nitrogen and oxygen atoms in total. The first-order chi connectivity index (χ1) is 7.70. The van der Waals surface area contributed by atoms with Gasteiger partial charge in [0.2, 0.25) is 0 Å². The summed E-state index contributed by atoms with van der Waals surface area (Å²) in [5, 5.41) is 2.44. The number of H-pyrrole nitrogens is 1. The molecule has 2 rings (SSSR count). The third kappa shape index (κ3) is 1.88. The van der Waals surface area contributed by atoms with Crippen LogP contribution in [-0.2, 0) is 0 Å². The molecule has 0 unspecified atom stereocenters. The van der Waals surface area contributed by atoms with Gasteiger partial charge in [-0.1, -0.05) is 0 Å². The van der Waals surface area contributed by atoms with Crippen molar-refractivity contribution < 1.29 is 4.74 Å². The Morgan fingerprint density at radius 3 is 2.38 bits per heavy atom. The molecule has 0 radical (unpaired) electrons. The zero-order chi connectivity index (χ0) is 11.5. The van der Waals surface area contributed by atoms with Crippen LogP contribution in [0.25, 0.3) is 5.69 Å². The zero-order valence-electron chi connectivity index (χ0n) is 8.64. The highest BCUT2D eigenvalue weighted by atomic mass is 16.5. The fourth-order valence-electron chi connectivity index (χ4n) is 1.35. The van der Waals surface area contributed by atoms with Gasteiger partial charge in [-0.05, 0) is 24.3 Å². The van der Waals surface area contributed by atoms with Crippen molar-refractivity contribution in [3.8, 4) is 11.4 Å². The quantitative estimate of drug-likeness (QED) is 0.799. The summed E-state index contributed by atoms with van der Waals surface area (Å²) >= 11 is 0. The number of nitrogens with one attached hydrogen (secondary N) is 1. The summed E-state index contributed by atoms with van der Waals surface area (Å²) in [6.45, 7) is 0. The lowest BCUT2D eigenvalue weighted by molar-refractivity contribution is 0.414. The Morgan fingerprint density at radius 2 is 1.75 bits per heavy atom. The van der Waals surface area contributed by atoms with Crippen LogP contribution in [0.3, 0.4) is 0 Å². The van der Waals surface area contributed by atoms with Gasteiger partial charge in [-0.3, -0.25) is 14.7 Å². The van der Waals surface area contributed by atoms with Crippen molar-refractivity contribution in [1.82, 2.24) is 9.78 Å². The van der Waals surface area contributed by atoms with Gasteiger partial charge in [0.05, 0.1) is 12.8 Å². The lowest BCUT2D eigenvalue weighted by Gasteiger charge is -2.05. The predicted octanol–water partition coefficient (Wildman–Crippen LogP) is 0.534. The van der Waals surface area contributed by atoms with Gasteiger partial charge in [-0.25, -0.2) is 4.68 Å². The van der Waals surface area contributed by atoms with Gasteiger partial charge in [0.25, 0.3) is 11.1 Å². The number of ether oxygens (including phenoxy) is 1. The summed E-state index contributed by atoms with van der Waals surface area (Å²) in [5.74, 6) is 0.690. The molecule has 0 amide bonds. The van der Waals surface area contributed by atoms with E-state index in [0.29, 0.717) is 11.4 Å². The first-order valence-corrected chi connectivity index (χ1v) is 4.67. The van der Waals surface area contributed by atoms with Crippen LogP contribution in [-0.4, -0.2) is 16.9 Å². The highest BCUT2D eigenvalue weighted by molar-refractivity contribution is 5.36. The standard InChI is InChI=1S/C11H10N2O3/c1-16-9-4-2-8(3-5-9)13-11(15)7-6-10(14)12-13/h2-7H,1H3,(H,12,14). The molecule has 16 heavy (non-hydrogen) atoms. The maximum Gasteiger partial charge on any atom is 0.269 e. The molecule has 1 N–H and O–H groups in total. The number of nitrogens with zero attached hydrogens (tertiary/aromatic N) is 1. The number of methoxy groups -OCH3 is 1. The maximum absolute atomic E-state index is 11.5. The Hall–Kier alpha value is -2.30. The minimum Gasteiger partial charge on any atom is -0.497 e. The van der Waals surface area contributed by atoms with Gasteiger partial charge in [0, 0.05) is 12.1 Å². The van der Waals surface area contributed by atoms with Crippen LogP contribution in [0.2, 0.25) is 0 Å². The van der Waals surface area contributed by atoms with Crippen molar-refractivity contribution in [2.75, 3.05) is 7.11 Å². The fourth-order valence-corrected chi connectivity index (χ4v) is 1.35. The number of aromatic amines is 1. The van der Waals surface area contributed by atoms with Crippen molar-refractivity contribution in [3.63, 3.8) is 0 Å². The predicted molar refractivity (Wildman–Crippen MR) is 59.2 cm³/mol. The van der Waals surface area contributed by atoms with Crippen LogP contribution in [0, 0.1) is 0 Å². The second-order valence-electron chi connectivity index (χ2n) is 3.18. The van der Waals surface area contributed by atoms with E-state index in [1.807, 2.05) is 0 Å². The molecule has 0 aliphatic heterocycles. The number of hydrogen-bond acceptors (Lipinski definition) is 3. The summed E-state index contributed by atoms with van der Waals surface area (Å²) in [6.07, 6.45) is 0. The molecule has 0 spiro atoms. The Morgan fingerprint density at radius 1 is 1.06 bits per heavy atom. The molecule has 1 aromatic heterocycles. The molecule has 0 bridgehead atoms. The van der Waals surface area contributed by atoms with Gasteiger partial charge in [-0.2, -0.15) is 0 Å². The largest absolute Gasteiger partial charge is 0.497 e. The maximum atomic E-state index is 11.5. The van der Waals surface area contributed by atoms with Crippen LogP contribution < -0.4 is 15.9 Å². The monoisotopic (exact) mass is 218 g/mol. The van der Waals surface area contributed by atoms with Crippen molar-refractivity contribution in [3.05, 3.63) is 57.1 Å². The minimum absolute atomic E-state index is 0.287. The zero-order valence-corrected chi connectivity index (χ0v) is 8.64. The van der Waals surface area contributed by atoms with Crippen molar-refractivity contribution in [2.24, 2.45) is 0 Å². The van der Waals surface area contributed by atoms with Gasteiger partial charge in [0.1, 0.15) is 5.75 Å². The molecule has 2 aromatic rings. The summed E-state index contributed by atoms with van der Waals surface area (Å²) in [6, 6.07) is 9.23. The van der Waals surface area contributed by atoms with Gasteiger partial charge >= 0.3 is 0 Å². The first kappa shape index (κ1) is 10.2. The van der Waals surface area contributed by atoms with Crippen LogP contribution in [0.15, 0.2) is 46.0 Å². The number of aromatic nitrogens is 2. The molecule has 0 aliphatic carbocycles. The van der Waals surface area contributed by atoms with Crippen molar-refractivity contribution >= 4 is 0 Å². The number of benzene rings is 1. The van der Waals surface area contributed by atoms with Crippen molar-refractivity contribution in [2.45, 2.75) is 0 Å². The van der Waals surface area contributed by atoms with Gasteiger partial charge in [-0.15, -0.1) is 0 Å². The van der Waals surface area contributed by atoms with E-state index >= 15 is 0 Å². The molecule has 82 valence electrons. The van der Waals surface area contributed by atoms with Crippen LogP contribution in [0.4, 0.5) is 0 Å². The van der Waals surface area contributed by atoms with Gasteiger partial charge in [0.15, 0.2) is 0 Å². The smallest absolute Gasteiger partial charge is 0.269 e. The van der Waals surface area contributed by atoms with E-state index in [9.17, 15) is 9.59 Å². The Bertz CT molecular complexity index is 596. The average molecular weight is 218 g/mol. The Balaban J connectivity index is 2.54. The van der Waals surface area contributed by atoms with E-state index in [1.165, 1.54) is 16.8 Å². The van der Waals surface area contributed by atoms with E-state index in [0.717, 1.165) is 0 Å². The molecule has 0 saturated heterocycles. The third-order valence-corrected chi connectivity index (χ3v) is 2.15. The molecule has 5 heteroatoms. The summed E-state index contributed by atoms with van der Waals surface area (Å²) < 4.78 is 6.18. The lowest BCUT2D eigenvalue weighted by Crippen LogP contribution is -2.26. The SMILES string of the molecule is COc1ccc(-n2[nH]c(=O)ccc2=O)cc1. The van der Waals surface area contributed by atoms with E-state index in [1.54, 1.807) is 31.4 Å². The van der Waals surface area contributed by atoms with Crippen molar-refractivity contribution in [1.29, 1.82) is 0 Å². The second-order valence-corrected chi connectivity index (χ2v) is 3.18. The van der Waals surface area contributed by atoms with Crippen LogP contribution in [0.1, 0.15) is 0 Å².